The van der Waals surface area contributed by atoms with Crippen LogP contribution in [0.3, 0.4) is 0 Å². The Kier molecular flexibility index (Phi) is 5.31. The van der Waals surface area contributed by atoms with Gasteiger partial charge in [0, 0.05) is 30.8 Å². The van der Waals surface area contributed by atoms with Crippen molar-refractivity contribution in [1.82, 2.24) is 5.32 Å². The highest BCUT2D eigenvalue weighted by Crippen LogP contribution is 2.44. The van der Waals surface area contributed by atoms with Gasteiger partial charge in [-0.1, -0.05) is 32.0 Å². The van der Waals surface area contributed by atoms with E-state index in [2.05, 4.69) is 43.4 Å². The SMILES string of the molecule is COCCNCC(C)(C)CC1CSc2ccccc21. The minimum atomic E-state index is 0.330. The molecule has 0 spiro atoms. The Morgan fingerprint density at radius 3 is 2.95 bits per heavy atom. The van der Waals surface area contributed by atoms with Gasteiger partial charge < -0.3 is 10.1 Å². The van der Waals surface area contributed by atoms with Crippen LogP contribution in [0.1, 0.15) is 31.7 Å². The second-order valence-electron chi connectivity index (χ2n) is 6.08. The Labute approximate surface area is 121 Å². The maximum Gasteiger partial charge on any atom is 0.0587 e. The molecule has 0 aliphatic carbocycles. The highest BCUT2D eigenvalue weighted by Gasteiger charge is 2.29. The first-order valence-corrected chi connectivity index (χ1v) is 8.02. The Morgan fingerprint density at radius 1 is 1.37 bits per heavy atom. The van der Waals surface area contributed by atoms with Gasteiger partial charge in [0.05, 0.1) is 6.61 Å². The number of thioether (sulfide) groups is 1. The number of fused-ring (bicyclic) bond motifs is 1. The zero-order chi connectivity index (χ0) is 13.7. The highest BCUT2D eigenvalue weighted by atomic mass is 32.2. The summed E-state index contributed by atoms with van der Waals surface area (Å²) in [6, 6.07) is 8.87. The van der Waals surface area contributed by atoms with Crippen molar-refractivity contribution < 1.29 is 4.74 Å². The van der Waals surface area contributed by atoms with E-state index < -0.39 is 0 Å². The van der Waals surface area contributed by atoms with Gasteiger partial charge in [-0.25, -0.2) is 0 Å². The van der Waals surface area contributed by atoms with Crippen LogP contribution in [0.4, 0.5) is 0 Å². The molecule has 0 saturated heterocycles. The number of rotatable bonds is 7. The van der Waals surface area contributed by atoms with Crippen LogP contribution in [0.5, 0.6) is 0 Å². The van der Waals surface area contributed by atoms with Crippen LogP contribution in [0.15, 0.2) is 29.2 Å². The van der Waals surface area contributed by atoms with E-state index in [1.54, 1.807) is 12.7 Å². The molecule has 1 aromatic carbocycles. The van der Waals surface area contributed by atoms with Gasteiger partial charge in [-0.05, 0) is 29.4 Å². The van der Waals surface area contributed by atoms with Crippen LogP contribution in [-0.2, 0) is 4.74 Å². The molecule has 1 aromatic rings. The van der Waals surface area contributed by atoms with Gasteiger partial charge in [-0.3, -0.25) is 0 Å². The number of ether oxygens (including phenoxy) is 1. The van der Waals surface area contributed by atoms with E-state index in [4.69, 9.17) is 4.74 Å². The standard InChI is InChI=1S/C16H25NOS/c1-16(2,12-17-8-9-18-3)10-13-11-19-15-7-5-4-6-14(13)15/h4-7,13,17H,8-12H2,1-3H3. The predicted octanol–water partition coefficient (Wildman–Crippen LogP) is 3.53. The summed E-state index contributed by atoms with van der Waals surface area (Å²) >= 11 is 2.01. The monoisotopic (exact) mass is 279 g/mol. The average molecular weight is 279 g/mol. The van der Waals surface area contributed by atoms with E-state index in [1.807, 2.05) is 11.8 Å². The van der Waals surface area contributed by atoms with E-state index >= 15 is 0 Å². The highest BCUT2D eigenvalue weighted by molar-refractivity contribution is 7.99. The third kappa shape index (κ3) is 4.23. The molecule has 1 unspecified atom stereocenters. The van der Waals surface area contributed by atoms with Gasteiger partial charge in [-0.2, -0.15) is 0 Å². The van der Waals surface area contributed by atoms with E-state index in [0.29, 0.717) is 11.3 Å². The fourth-order valence-corrected chi connectivity index (χ4v) is 3.99. The Balaban J connectivity index is 1.87. The molecular formula is C16H25NOS. The minimum Gasteiger partial charge on any atom is -0.383 e. The molecule has 0 fully saturated rings. The van der Waals surface area contributed by atoms with Crippen LogP contribution in [-0.4, -0.2) is 32.6 Å². The Bertz CT molecular complexity index is 405. The fourth-order valence-electron chi connectivity index (χ4n) is 2.74. The van der Waals surface area contributed by atoms with Crippen molar-refractivity contribution in [3.8, 4) is 0 Å². The van der Waals surface area contributed by atoms with Gasteiger partial charge in [0.2, 0.25) is 0 Å². The molecule has 0 bridgehead atoms. The largest absolute Gasteiger partial charge is 0.383 e. The number of benzene rings is 1. The molecule has 1 N–H and O–H groups in total. The molecule has 19 heavy (non-hydrogen) atoms. The van der Waals surface area contributed by atoms with Crippen molar-refractivity contribution in [3.05, 3.63) is 29.8 Å². The second-order valence-corrected chi connectivity index (χ2v) is 7.15. The van der Waals surface area contributed by atoms with Gasteiger partial charge in [0.15, 0.2) is 0 Å². The Hall–Kier alpha value is -0.510. The topological polar surface area (TPSA) is 21.3 Å². The van der Waals surface area contributed by atoms with Crippen LogP contribution in [0, 0.1) is 5.41 Å². The normalized spacial score (nSPS) is 18.6. The number of hydrogen-bond acceptors (Lipinski definition) is 3. The molecule has 2 rings (SSSR count). The van der Waals surface area contributed by atoms with Gasteiger partial charge in [-0.15, -0.1) is 11.8 Å². The maximum absolute atomic E-state index is 5.07. The quantitative estimate of drug-likeness (QED) is 0.772. The average Bonchev–Trinajstić information content (AvgIpc) is 2.78. The zero-order valence-corrected chi connectivity index (χ0v) is 13.1. The summed E-state index contributed by atoms with van der Waals surface area (Å²) in [5.74, 6) is 1.95. The fraction of sp³-hybridized carbons (Fsp3) is 0.625. The lowest BCUT2D eigenvalue weighted by Crippen LogP contribution is -2.32. The first kappa shape index (κ1) is 14.9. The smallest absolute Gasteiger partial charge is 0.0587 e. The molecule has 1 heterocycles. The zero-order valence-electron chi connectivity index (χ0n) is 12.2. The van der Waals surface area contributed by atoms with Crippen molar-refractivity contribution in [2.45, 2.75) is 31.1 Å². The third-order valence-electron chi connectivity index (χ3n) is 3.68. The summed E-state index contributed by atoms with van der Waals surface area (Å²) in [6.07, 6.45) is 1.25. The van der Waals surface area contributed by atoms with Crippen molar-refractivity contribution in [1.29, 1.82) is 0 Å². The summed E-state index contributed by atoms with van der Waals surface area (Å²) in [4.78, 5) is 1.48. The van der Waals surface area contributed by atoms with E-state index in [9.17, 15) is 0 Å². The molecular weight excluding hydrogens is 254 g/mol. The molecule has 2 nitrogen and oxygen atoms in total. The Morgan fingerprint density at radius 2 is 2.16 bits per heavy atom. The van der Waals surface area contributed by atoms with Crippen molar-refractivity contribution in [2.24, 2.45) is 5.41 Å². The van der Waals surface area contributed by atoms with Crippen molar-refractivity contribution in [3.63, 3.8) is 0 Å². The maximum atomic E-state index is 5.07. The summed E-state index contributed by atoms with van der Waals surface area (Å²) in [7, 11) is 1.75. The second kappa shape index (κ2) is 6.78. The number of hydrogen-bond donors (Lipinski definition) is 1. The van der Waals surface area contributed by atoms with Crippen LogP contribution in [0.25, 0.3) is 0 Å². The van der Waals surface area contributed by atoms with E-state index in [-0.39, 0.29) is 0 Å². The summed E-state index contributed by atoms with van der Waals surface area (Å²) in [6.45, 7) is 7.50. The van der Waals surface area contributed by atoms with Crippen molar-refractivity contribution in [2.75, 3.05) is 32.6 Å². The lowest BCUT2D eigenvalue weighted by molar-refractivity contribution is 0.192. The van der Waals surface area contributed by atoms with Gasteiger partial charge in [0.1, 0.15) is 0 Å². The van der Waals surface area contributed by atoms with Crippen LogP contribution >= 0.6 is 11.8 Å². The molecule has 0 radical (unpaired) electrons. The van der Waals surface area contributed by atoms with Gasteiger partial charge in [0.25, 0.3) is 0 Å². The lowest BCUT2D eigenvalue weighted by Gasteiger charge is -2.28. The molecule has 1 aliphatic rings. The number of methoxy groups -OCH3 is 1. The number of nitrogens with one attached hydrogen (secondary N) is 1. The molecule has 0 amide bonds. The molecule has 106 valence electrons. The van der Waals surface area contributed by atoms with Crippen LogP contribution < -0.4 is 5.32 Å². The molecule has 3 heteroatoms. The van der Waals surface area contributed by atoms with Crippen molar-refractivity contribution >= 4 is 11.8 Å². The summed E-state index contributed by atoms with van der Waals surface area (Å²) in [5.41, 5.74) is 1.88. The lowest BCUT2D eigenvalue weighted by atomic mass is 9.80. The molecule has 1 aliphatic heterocycles. The van der Waals surface area contributed by atoms with Gasteiger partial charge >= 0.3 is 0 Å². The molecule has 0 saturated carbocycles. The minimum absolute atomic E-state index is 0.330. The first-order valence-electron chi connectivity index (χ1n) is 7.04. The van der Waals surface area contributed by atoms with E-state index in [0.717, 1.165) is 19.7 Å². The summed E-state index contributed by atoms with van der Waals surface area (Å²) < 4.78 is 5.07. The first-order chi connectivity index (χ1) is 9.12. The molecule has 0 aromatic heterocycles. The molecule has 1 atom stereocenters. The predicted molar refractivity (Wildman–Crippen MR) is 83.1 cm³/mol. The van der Waals surface area contributed by atoms with E-state index in [1.165, 1.54) is 17.1 Å². The summed E-state index contributed by atoms with van der Waals surface area (Å²) in [5, 5.41) is 3.49. The van der Waals surface area contributed by atoms with Crippen LogP contribution in [0.2, 0.25) is 0 Å². The third-order valence-corrected chi connectivity index (χ3v) is 4.94.